The smallest absolute Gasteiger partial charge is 0.349 e. The number of carbonyl (C=O) groups is 1. The summed E-state index contributed by atoms with van der Waals surface area (Å²) in [6.45, 7) is 4.40. The molecule has 5 nitrogen and oxygen atoms in total. The van der Waals surface area contributed by atoms with Gasteiger partial charge in [0.25, 0.3) is 5.91 Å². The lowest BCUT2D eigenvalue weighted by atomic mass is 10.0. The van der Waals surface area contributed by atoms with E-state index < -0.39 is 5.63 Å². The number of amides is 1. The second-order valence-corrected chi connectivity index (χ2v) is 8.22. The Kier molecular flexibility index (Phi) is 4.91. The minimum absolute atomic E-state index is 0.0799. The molecule has 1 saturated heterocycles. The highest BCUT2D eigenvalue weighted by Gasteiger charge is 2.26. The van der Waals surface area contributed by atoms with Crippen molar-refractivity contribution < 1.29 is 9.21 Å². The van der Waals surface area contributed by atoms with Gasteiger partial charge in [0.15, 0.2) is 0 Å². The van der Waals surface area contributed by atoms with Gasteiger partial charge in [0.1, 0.15) is 11.1 Å². The Morgan fingerprint density at radius 1 is 0.935 bits per heavy atom. The summed E-state index contributed by atoms with van der Waals surface area (Å²) in [5.41, 5.74) is 2.08. The molecule has 1 aliphatic heterocycles. The number of halogens is 1. The van der Waals surface area contributed by atoms with E-state index in [0.29, 0.717) is 31.8 Å². The third-order valence-corrected chi connectivity index (χ3v) is 6.43. The fraction of sp³-hybridized carbons (Fsp3) is 0.200. The predicted octanol–water partition coefficient (Wildman–Crippen LogP) is 4.87. The van der Waals surface area contributed by atoms with Crippen LogP contribution < -0.4 is 10.5 Å². The summed E-state index contributed by atoms with van der Waals surface area (Å²) in [5.74, 6) is -0.286. The molecule has 0 unspecified atom stereocenters. The molecule has 5 rings (SSSR count). The second-order valence-electron chi connectivity index (χ2n) is 7.81. The molecule has 0 saturated carbocycles. The molecule has 0 N–H and O–H groups in total. The van der Waals surface area contributed by atoms with Gasteiger partial charge in [-0.15, -0.1) is 0 Å². The number of rotatable bonds is 2. The molecule has 1 fully saturated rings. The van der Waals surface area contributed by atoms with Gasteiger partial charge in [0.2, 0.25) is 0 Å². The van der Waals surface area contributed by atoms with Crippen LogP contribution in [0.3, 0.4) is 0 Å². The van der Waals surface area contributed by atoms with Crippen LogP contribution in [0.15, 0.2) is 69.9 Å². The Balaban J connectivity index is 1.43. The SMILES string of the molecule is Cc1c(Cl)cccc1N1CCN(C(=O)c2cc3c(ccc4ccccc43)oc2=O)CC1. The summed E-state index contributed by atoms with van der Waals surface area (Å²) in [5, 5.41) is 3.50. The van der Waals surface area contributed by atoms with E-state index in [0.717, 1.165) is 32.4 Å². The standard InChI is InChI=1S/C25H21ClN2O3/c1-16-21(26)7-4-8-22(16)27-11-13-28(14-12-27)24(29)20-15-19-18-6-3-2-5-17(18)9-10-23(19)31-25(20)30/h2-10,15H,11-14H2,1H3. The third-order valence-electron chi connectivity index (χ3n) is 6.02. The van der Waals surface area contributed by atoms with Gasteiger partial charge < -0.3 is 14.2 Å². The van der Waals surface area contributed by atoms with Gasteiger partial charge in [-0.25, -0.2) is 4.79 Å². The molecule has 156 valence electrons. The van der Waals surface area contributed by atoms with Gasteiger partial charge in [-0.3, -0.25) is 4.79 Å². The van der Waals surface area contributed by atoms with Crippen LogP contribution in [0, 0.1) is 6.92 Å². The molecule has 0 radical (unpaired) electrons. The Morgan fingerprint density at radius 3 is 2.52 bits per heavy atom. The molecule has 1 amide bonds. The van der Waals surface area contributed by atoms with E-state index >= 15 is 0 Å². The van der Waals surface area contributed by atoms with Crippen molar-refractivity contribution in [3.8, 4) is 0 Å². The summed E-state index contributed by atoms with van der Waals surface area (Å²) >= 11 is 6.26. The molecular formula is C25H21ClN2O3. The van der Waals surface area contributed by atoms with Crippen molar-refractivity contribution in [2.24, 2.45) is 0 Å². The molecule has 6 heteroatoms. The quantitative estimate of drug-likeness (QED) is 0.335. The van der Waals surface area contributed by atoms with E-state index in [4.69, 9.17) is 16.0 Å². The van der Waals surface area contributed by atoms with Crippen LogP contribution in [0.5, 0.6) is 0 Å². The van der Waals surface area contributed by atoms with E-state index in [9.17, 15) is 9.59 Å². The van der Waals surface area contributed by atoms with Gasteiger partial charge in [0, 0.05) is 42.3 Å². The fourth-order valence-electron chi connectivity index (χ4n) is 4.28. The molecule has 0 atom stereocenters. The zero-order chi connectivity index (χ0) is 21.5. The van der Waals surface area contributed by atoms with E-state index in [-0.39, 0.29) is 11.5 Å². The van der Waals surface area contributed by atoms with Crippen molar-refractivity contribution in [1.82, 2.24) is 4.90 Å². The average molecular weight is 433 g/mol. The molecule has 0 aliphatic carbocycles. The first-order valence-electron chi connectivity index (χ1n) is 10.3. The zero-order valence-corrected chi connectivity index (χ0v) is 17.9. The van der Waals surface area contributed by atoms with Crippen molar-refractivity contribution in [1.29, 1.82) is 0 Å². The van der Waals surface area contributed by atoms with Crippen LogP contribution in [0.2, 0.25) is 5.02 Å². The Hall–Kier alpha value is -3.31. The van der Waals surface area contributed by atoms with Crippen LogP contribution >= 0.6 is 11.6 Å². The monoisotopic (exact) mass is 432 g/mol. The van der Waals surface area contributed by atoms with E-state index in [1.165, 1.54) is 0 Å². The lowest BCUT2D eigenvalue weighted by Gasteiger charge is -2.36. The van der Waals surface area contributed by atoms with Crippen molar-refractivity contribution in [3.05, 3.63) is 87.2 Å². The van der Waals surface area contributed by atoms with Gasteiger partial charge in [0.05, 0.1) is 0 Å². The minimum atomic E-state index is -0.596. The minimum Gasteiger partial charge on any atom is -0.422 e. The largest absolute Gasteiger partial charge is 0.422 e. The molecule has 2 heterocycles. The third kappa shape index (κ3) is 3.45. The molecule has 31 heavy (non-hydrogen) atoms. The van der Waals surface area contributed by atoms with Gasteiger partial charge in [-0.1, -0.05) is 48.0 Å². The molecule has 0 spiro atoms. The summed E-state index contributed by atoms with van der Waals surface area (Å²) in [4.78, 5) is 29.7. The second kappa shape index (κ2) is 7.75. The highest BCUT2D eigenvalue weighted by atomic mass is 35.5. The number of hydrogen-bond donors (Lipinski definition) is 0. The highest BCUT2D eigenvalue weighted by Crippen LogP contribution is 2.28. The van der Waals surface area contributed by atoms with Crippen molar-refractivity contribution in [2.75, 3.05) is 31.1 Å². The summed E-state index contributed by atoms with van der Waals surface area (Å²) in [6, 6.07) is 19.1. The van der Waals surface area contributed by atoms with Gasteiger partial charge >= 0.3 is 5.63 Å². The zero-order valence-electron chi connectivity index (χ0n) is 17.1. The van der Waals surface area contributed by atoms with Crippen LogP contribution in [-0.2, 0) is 0 Å². The number of nitrogens with zero attached hydrogens (tertiary/aromatic N) is 2. The highest BCUT2D eigenvalue weighted by molar-refractivity contribution is 6.31. The molecule has 4 aromatic rings. The average Bonchev–Trinajstić information content (AvgIpc) is 2.80. The Morgan fingerprint density at radius 2 is 1.71 bits per heavy atom. The van der Waals surface area contributed by atoms with Crippen LogP contribution in [0.1, 0.15) is 15.9 Å². The summed E-state index contributed by atoms with van der Waals surface area (Å²) in [6.07, 6.45) is 0. The molecule has 0 bridgehead atoms. The number of benzene rings is 3. The molecule has 1 aliphatic rings. The van der Waals surface area contributed by atoms with E-state index in [2.05, 4.69) is 4.90 Å². The lowest BCUT2D eigenvalue weighted by Crippen LogP contribution is -2.49. The first kappa shape index (κ1) is 19.6. The number of carbonyl (C=O) groups excluding carboxylic acids is 1. The van der Waals surface area contributed by atoms with Crippen LogP contribution in [0.25, 0.3) is 21.7 Å². The molecular weight excluding hydrogens is 412 g/mol. The molecule has 3 aromatic carbocycles. The van der Waals surface area contributed by atoms with Crippen molar-refractivity contribution >= 4 is 44.9 Å². The summed E-state index contributed by atoms with van der Waals surface area (Å²) in [7, 11) is 0. The number of anilines is 1. The maximum atomic E-state index is 13.2. The van der Waals surface area contributed by atoms with Gasteiger partial charge in [-0.05, 0) is 47.5 Å². The maximum Gasteiger partial charge on any atom is 0.349 e. The first-order valence-corrected chi connectivity index (χ1v) is 10.7. The topological polar surface area (TPSA) is 53.8 Å². The van der Waals surface area contributed by atoms with Crippen LogP contribution in [-0.4, -0.2) is 37.0 Å². The molecule has 1 aromatic heterocycles. The number of fused-ring (bicyclic) bond motifs is 3. The number of hydrogen-bond acceptors (Lipinski definition) is 4. The van der Waals surface area contributed by atoms with Crippen LogP contribution in [0.4, 0.5) is 5.69 Å². The maximum absolute atomic E-state index is 13.2. The Labute approximate surface area is 184 Å². The van der Waals surface area contributed by atoms with Crippen molar-refractivity contribution in [3.63, 3.8) is 0 Å². The number of piperazine rings is 1. The fourth-order valence-corrected chi connectivity index (χ4v) is 4.45. The van der Waals surface area contributed by atoms with E-state index in [1.54, 1.807) is 17.0 Å². The Bertz CT molecular complexity index is 1370. The van der Waals surface area contributed by atoms with Crippen molar-refractivity contribution in [2.45, 2.75) is 6.92 Å². The predicted molar refractivity (Wildman–Crippen MR) is 124 cm³/mol. The van der Waals surface area contributed by atoms with E-state index in [1.807, 2.05) is 55.5 Å². The lowest BCUT2D eigenvalue weighted by molar-refractivity contribution is 0.0742. The first-order chi connectivity index (χ1) is 15.0. The van der Waals surface area contributed by atoms with Gasteiger partial charge in [-0.2, -0.15) is 0 Å². The normalized spacial score (nSPS) is 14.4. The summed E-state index contributed by atoms with van der Waals surface area (Å²) < 4.78 is 5.50.